The Morgan fingerprint density at radius 1 is 1.04 bits per heavy atom. The molecule has 0 spiro atoms. The molecule has 4 nitrogen and oxygen atoms in total. The van der Waals surface area contributed by atoms with E-state index in [0.29, 0.717) is 5.91 Å². The fourth-order valence-electron chi connectivity index (χ4n) is 7.09. The molecule has 150 valence electrons. The quantitative estimate of drug-likeness (QED) is 0.856. The molecule has 0 aromatic heterocycles. The number of nitrogens with one attached hydrogen (secondary N) is 1. The van der Waals surface area contributed by atoms with E-state index in [2.05, 4.69) is 5.32 Å². The van der Waals surface area contributed by atoms with Crippen LogP contribution in [0.1, 0.15) is 69.9 Å². The third-order valence-corrected chi connectivity index (χ3v) is 7.97. The van der Waals surface area contributed by atoms with E-state index in [-0.39, 0.29) is 23.4 Å². The molecule has 1 saturated heterocycles. The predicted octanol–water partition coefficient (Wildman–Crippen LogP) is 4.07. The van der Waals surface area contributed by atoms with Crippen molar-refractivity contribution < 1.29 is 9.59 Å². The van der Waals surface area contributed by atoms with Gasteiger partial charge in [-0.15, -0.1) is 0 Å². The number of carbonyl (C=O) groups excluding carboxylic acids is 2. The molecular weight excluding hydrogens is 348 g/mol. The van der Waals surface area contributed by atoms with Crippen LogP contribution >= 0.6 is 0 Å². The lowest BCUT2D eigenvalue weighted by molar-refractivity contribution is -0.160. The zero-order chi connectivity index (χ0) is 19.3. The van der Waals surface area contributed by atoms with Crippen LogP contribution in [0.25, 0.3) is 0 Å². The Hall–Kier alpha value is -1.84. The van der Waals surface area contributed by atoms with Crippen LogP contribution in [0.5, 0.6) is 0 Å². The first kappa shape index (κ1) is 18.2. The number of rotatable bonds is 4. The molecule has 5 aliphatic rings. The molecular formula is C24H32N2O2. The van der Waals surface area contributed by atoms with Crippen molar-refractivity contribution in [2.75, 3.05) is 6.54 Å². The van der Waals surface area contributed by atoms with E-state index in [1.807, 2.05) is 42.2 Å². The Kier molecular flexibility index (Phi) is 4.48. The second-order valence-electron chi connectivity index (χ2n) is 10.00. The maximum atomic E-state index is 13.7. The molecule has 6 rings (SSSR count). The highest BCUT2D eigenvalue weighted by atomic mass is 16.2. The maximum absolute atomic E-state index is 13.7. The monoisotopic (exact) mass is 380 g/mol. The van der Waals surface area contributed by atoms with E-state index < -0.39 is 0 Å². The number of likely N-dealkylation sites (tertiary alicyclic amines) is 1. The van der Waals surface area contributed by atoms with Gasteiger partial charge in [0.05, 0.1) is 11.5 Å². The molecule has 2 amide bonds. The van der Waals surface area contributed by atoms with Crippen molar-refractivity contribution in [1.82, 2.24) is 10.2 Å². The molecule has 1 N–H and O–H groups in total. The van der Waals surface area contributed by atoms with Crippen LogP contribution in [0, 0.1) is 23.2 Å². The van der Waals surface area contributed by atoms with E-state index in [1.54, 1.807) is 0 Å². The number of hydrogen-bond acceptors (Lipinski definition) is 2. The summed E-state index contributed by atoms with van der Waals surface area (Å²) in [4.78, 5) is 28.7. The average Bonchev–Trinajstić information content (AvgIpc) is 3.17. The van der Waals surface area contributed by atoms with Gasteiger partial charge in [0.2, 0.25) is 11.8 Å². The molecule has 0 unspecified atom stereocenters. The lowest BCUT2D eigenvalue weighted by atomic mass is 9.49. The summed E-state index contributed by atoms with van der Waals surface area (Å²) < 4.78 is 0. The fourth-order valence-corrected chi connectivity index (χ4v) is 7.09. The van der Waals surface area contributed by atoms with E-state index in [4.69, 9.17) is 0 Å². The lowest BCUT2D eigenvalue weighted by Crippen LogP contribution is -2.57. The Balaban J connectivity index is 1.30. The number of amides is 2. The lowest BCUT2D eigenvalue weighted by Gasteiger charge is -2.56. The fraction of sp³-hybridized carbons (Fsp3) is 0.667. The van der Waals surface area contributed by atoms with Gasteiger partial charge in [0, 0.05) is 6.54 Å². The molecule has 4 aliphatic carbocycles. The normalized spacial score (nSPS) is 37.1. The molecule has 1 aliphatic heterocycles. The molecule has 1 aromatic rings. The van der Waals surface area contributed by atoms with Crippen LogP contribution in [0.4, 0.5) is 0 Å². The average molecular weight is 381 g/mol. The van der Waals surface area contributed by atoms with Gasteiger partial charge in [0.25, 0.3) is 0 Å². The third-order valence-electron chi connectivity index (χ3n) is 7.97. The smallest absolute Gasteiger partial charge is 0.243 e. The van der Waals surface area contributed by atoms with Crippen molar-refractivity contribution in [2.45, 2.75) is 70.4 Å². The maximum Gasteiger partial charge on any atom is 0.243 e. The Morgan fingerprint density at radius 3 is 2.25 bits per heavy atom. The van der Waals surface area contributed by atoms with Gasteiger partial charge in [0.1, 0.15) is 6.04 Å². The van der Waals surface area contributed by atoms with E-state index in [9.17, 15) is 9.59 Å². The summed E-state index contributed by atoms with van der Waals surface area (Å²) in [6, 6.07) is 9.74. The van der Waals surface area contributed by atoms with Gasteiger partial charge in [-0.2, -0.15) is 0 Å². The topological polar surface area (TPSA) is 49.4 Å². The SMILES string of the molecule is C[C@H](NC(=O)[C@H]1CCCN1C(=O)C12CC3CC(CC(C3)C1)C2)c1ccccc1. The molecule has 1 aromatic carbocycles. The Morgan fingerprint density at radius 2 is 1.64 bits per heavy atom. The summed E-state index contributed by atoms with van der Waals surface area (Å²) in [5.41, 5.74) is 0.954. The minimum absolute atomic E-state index is 0.0203. The van der Waals surface area contributed by atoms with Gasteiger partial charge >= 0.3 is 0 Å². The molecule has 0 radical (unpaired) electrons. The largest absolute Gasteiger partial charge is 0.348 e. The van der Waals surface area contributed by atoms with Crippen LogP contribution in [0.15, 0.2) is 30.3 Å². The van der Waals surface area contributed by atoms with E-state index in [0.717, 1.165) is 62.0 Å². The van der Waals surface area contributed by atoms with Gasteiger partial charge in [-0.25, -0.2) is 0 Å². The summed E-state index contributed by atoms with van der Waals surface area (Å²) >= 11 is 0. The molecule has 5 fully saturated rings. The first-order chi connectivity index (χ1) is 13.5. The third kappa shape index (κ3) is 3.05. The molecule has 2 atom stereocenters. The number of carbonyl (C=O) groups is 2. The van der Waals surface area contributed by atoms with Crippen molar-refractivity contribution in [3.8, 4) is 0 Å². The van der Waals surface area contributed by atoms with E-state index >= 15 is 0 Å². The predicted molar refractivity (Wildman–Crippen MR) is 108 cm³/mol. The number of benzene rings is 1. The second-order valence-corrected chi connectivity index (χ2v) is 10.00. The molecule has 1 heterocycles. The number of hydrogen-bond donors (Lipinski definition) is 1. The summed E-state index contributed by atoms with van der Waals surface area (Å²) in [6.45, 7) is 2.77. The van der Waals surface area contributed by atoms with Gasteiger partial charge < -0.3 is 10.2 Å². The van der Waals surface area contributed by atoms with Crippen LogP contribution < -0.4 is 5.32 Å². The van der Waals surface area contributed by atoms with Gasteiger partial charge in [-0.3, -0.25) is 9.59 Å². The highest BCUT2D eigenvalue weighted by Crippen LogP contribution is 2.60. The molecule has 4 saturated carbocycles. The minimum atomic E-state index is -0.285. The summed E-state index contributed by atoms with van der Waals surface area (Å²) in [5.74, 6) is 2.58. The zero-order valence-corrected chi connectivity index (χ0v) is 16.9. The van der Waals surface area contributed by atoms with Gasteiger partial charge in [0.15, 0.2) is 0 Å². The van der Waals surface area contributed by atoms with Crippen LogP contribution in [-0.4, -0.2) is 29.3 Å². The van der Waals surface area contributed by atoms with Crippen LogP contribution in [0.3, 0.4) is 0 Å². The summed E-state index contributed by atoms with van der Waals surface area (Å²) in [7, 11) is 0. The molecule has 4 heteroatoms. The van der Waals surface area contributed by atoms with Crippen molar-refractivity contribution in [1.29, 1.82) is 0 Å². The van der Waals surface area contributed by atoms with Crippen molar-refractivity contribution in [3.63, 3.8) is 0 Å². The standard InChI is InChI=1S/C24H32N2O2/c1-16(20-6-3-2-4-7-20)25-22(27)21-8-5-9-26(21)23(28)24-13-17-10-18(14-24)12-19(11-17)15-24/h2-4,6-7,16-19,21H,5,8-15H2,1H3,(H,25,27)/t16-,17?,18?,19?,21+,24?/m0/s1. The van der Waals surface area contributed by atoms with Crippen molar-refractivity contribution in [2.24, 2.45) is 23.2 Å². The Labute approximate surface area is 168 Å². The highest BCUT2D eigenvalue weighted by molar-refractivity contribution is 5.91. The Bertz CT molecular complexity index is 724. The summed E-state index contributed by atoms with van der Waals surface area (Å²) in [6.07, 6.45) is 8.97. The highest BCUT2D eigenvalue weighted by Gasteiger charge is 2.56. The first-order valence-corrected chi connectivity index (χ1v) is 11.2. The van der Waals surface area contributed by atoms with Crippen LogP contribution in [0.2, 0.25) is 0 Å². The van der Waals surface area contributed by atoms with Crippen molar-refractivity contribution >= 4 is 11.8 Å². The first-order valence-electron chi connectivity index (χ1n) is 11.2. The molecule has 28 heavy (non-hydrogen) atoms. The minimum Gasteiger partial charge on any atom is -0.348 e. The molecule has 4 bridgehead atoms. The van der Waals surface area contributed by atoms with Crippen molar-refractivity contribution in [3.05, 3.63) is 35.9 Å². The van der Waals surface area contributed by atoms with E-state index in [1.165, 1.54) is 19.3 Å². The summed E-state index contributed by atoms with van der Waals surface area (Å²) in [5, 5.41) is 3.16. The second kappa shape index (κ2) is 6.89. The van der Waals surface area contributed by atoms with Gasteiger partial charge in [-0.1, -0.05) is 30.3 Å². The van der Waals surface area contributed by atoms with Crippen LogP contribution in [-0.2, 0) is 9.59 Å². The van der Waals surface area contributed by atoms with Gasteiger partial charge in [-0.05, 0) is 81.6 Å². The zero-order valence-electron chi connectivity index (χ0n) is 16.9. The number of nitrogens with zero attached hydrogens (tertiary/aromatic N) is 1.